The smallest absolute Gasteiger partial charge is 0.395 e. The third-order valence-electron chi connectivity index (χ3n) is 14.2. The van der Waals surface area contributed by atoms with E-state index in [2.05, 4.69) is 26.1 Å². The minimum Gasteiger partial charge on any atom is -0.395 e. The van der Waals surface area contributed by atoms with Crippen LogP contribution in [0.15, 0.2) is 158 Å². The Morgan fingerprint density at radius 1 is 0.696 bits per heavy atom. The second-order valence-corrected chi connectivity index (χ2v) is 19.5. The Morgan fingerprint density at radius 3 is 1.85 bits per heavy atom. The Labute approximate surface area is 451 Å². The van der Waals surface area contributed by atoms with Crippen LogP contribution in [-0.2, 0) is 29.2 Å². The number of hydrogen-bond donors (Lipinski definition) is 6. The van der Waals surface area contributed by atoms with Crippen molar-refractivity contribution in [3.05, 3.63) is 220 Å². The number of nitrogens with one attached hydrogen (secondary N) is 3. The molecule has 5 aromatic carbocycles. The van der Waals surface area contributed by atoms with E-state index >= 15 is 0 Å². The molecule has 9 rings (SSSR count). The highest BCUT2D eigenvalue weighted by Crippen LogP contribution is 2.44. The number of benzene rings is 5. The van der Waals surface area contributed by atoms with Gasteiger partial charge in [-0.05, 0) is 108 Å². The largest absolute Gasteiger partial charge is 0.435 e. The topological polar surface area (TPSA) is 200 Å². The Hall–Kier alpha value is -8.01. The molecule has 1 saturated carbocycles. The highest BCUT2D eigenvalue weighted by molar-refractivity contribution is 6.04. The number of aromatic nitrogens is 5. The molecule has 0 bridgehead atoms. The summed E-state index contributed by atoms with van der Waals surface area (Å²) >= 11 is 0. The van der Waals surface area contributed by atoms with E-state index in [4.69, 9.17) is 21.2 Å². The van der Waals surface area contributed by atoms with E-state index in [1.165, 1.54) is 18.2 Å². The number of nitrogens with two attached hydrogens (primary N) is 2. The standard InChI is InChI=1S/C59H58F6N10O4/c1-3-43(35-76)69-54(38-12-5-4-6-13-38)40-15-8-17-44(28-40)70-55(77)50-32-52(59(63,64)65)73-75(50)47-20-9-14-39(29-47)53(67)48-24-23-42(34-68-48)57(79-2,26-25-36-21-22-36)41-16-10-18-45(30-41)71-56(78)49-31-51(58(60,61)62)72-74(49)46-19-7-11-37(27-46)33-66/h4-20,23-24,27-32,34,36,43,53-54,69,76H,3,21-22,25-26,33,35,66-67H2,1-2H3,(H,70,77)(H,71,78). The number of carbonyl (C=O) groups excluding carboxylic acids is 2. The van der Waals surface area contributed by atoms with E-state index in [-0.39, 0.29) is 48.0 Å². The van der Waals surface area contributed by atoms with Crippen LogP contribution in [-0.4, -0.2) is 61.2 Å². The van der Waals surface area contributed by atoms with Gasteiger partial charge in [0, 0.05) is 55.0 Å². The molecule has 1 fully saturated rings. The van der Waals surface area contributed by atoms with Crippen LogP contribution in [0.1, 0.15) is 123 Å². The second kappa shape index (κ2) is 23.5. The molecule has 79 heavy (non-hydrogen) atoms. The third kappa shape index (κ3) is 12.6. The van der Waals surface area contributed by atoms with Crippen molar-refractivity contribution in [1.82, 2.24) is 29.9 Å². The van der Waals surface area contributed by atoms with Crippen LogP contribution in [0.5, 0.6) is 0 Å². The number of methoxy groups -OCH3 is 1. The van der Waals surface area contributed by atoms with Crippen LogP contribution < -0.4 is 27.4 Å². The predicted molar refractivity (Wildman–Crippen MR) is 286 cm³/mol. The number of halogens is 6. The quantitative estimate of drug-likeness (QED) is 0.0376. The summed E-state index contributed by atoms with van der Waals surface area (Å²) in [6.07, 6.45) is -4.07. The van der Waals surface area contributed by atoms with Crippen LogP contribution in [0.4, 0.5) is 37.7 Å². The summed E-state index contributed by atoms with van der Waals surface area (Å²) in [5, 5.41) is 26.6. The molecular formula is C59H58F6N10O4. The van der Waals surface area contributed by atoms with Gasteiger partial charge in [-0.2, -0.15) is 36.5 Å². The van der Waals surface area contributed by atoms with Crippen molar-refractivity contribution in [3.63, 3.8) is 0 Å². The fourth-order valence-electron chi connectivity index (χ4n) is 9.63. The number of carbonyl (C=O) groups is 2. The molecule has 20 heteroatoms. The molecule has 8 aromatic rings. The summed E-state index contributed by atoms with van der Waals surface area (Å²) in [6.45, 7) is 1.95. The van der Waals surface area contributed by atoms with Gasteiger partial charge in [0.25, 0.3) is 11.8 Å². The molecule has 0 spiro atoms. The Morgan fingerprint density at radius 2 is 1.28 bits per heavy atom. The number of amides is 2. The number of ether oxygens (including phenoxy) is 1. The number of hydrogen-bond acceptors (Lipinski definition) is 10. The van der Waals surface area contributed by atoms with Crippen molar-refractivity contribution >= 4 is 23.2 Å². The Balaban J connectivity index is 0.977. The Bertz CT molecular complexity index is 3410. The summed E-state index contributed by atoms with van der Waals surface area (Å²) in [5.41, 5.74) is 13.6. The zero-order valence-electron chi connectivity index (χ0n) is 43.1. The number of rotatable bonds is 21. The number of alkyl halides is 6. The van der Waals surface area contributed by atoms with Crippen molar-refractivity contribution in [2.45, 2.75) is 81.7 Å². The third-order valence-corrected chi connectivity index (χ3v) is 14.2. The van der Waals surface area contributed by atoms with Crippen molar-refractivity contribution in [3.8, 4) is 11.4 Å². The zero-order chi connectivity index (χ0) is 56.1. The average Bonchev–Trinajstić information content (AvgIpc) is 3.96. The monoisotopic (exact) mass is 1080 g/mol. The molecule has 1 aliphatic rings. The van der Waals surface area contributed by atoms with Crippen LogP contribution in [0.2, 0.25) is 0 Å². The van der Waals surface area contributed by atoms with E-state index in [0.717, 1.165) is 39.8 Å². The number of pyridine rings is 1. The maximum atomic E-state index is 14.4. The molecule has 14 nitrogen and oxygen atoms in total. The molecule has 4 atom stereocenters. The van der Waals surface area contributed by atoms with E-state index in [0.29, 0.717) is 64.5 Å². The number of aliphatic hydroxyl groups is 1. The van der Waals surface area contributed by atoms with Crippen LogP contribution in [0.3, 0.4) is 0 Å². The van der Waals surface area contributed by atoms with Gasteiger partial charge in [-0.1, -0.05) is 105 Å². The van der Waals surface area contributed by atoms with Gasteiger partial charge >= 0.3 is 12.4 Å². The Kier molecular flexibility index (Phi) is 16.6. The number of nitrogens with zero attached hydrogens (tertiary/aromatic N) is 5. The summed E-state index contributed by atoms with van der Waals surface area (Å²) in [5.74, 6) is -1.23. The summed E-state index contributed by atoms with van der Waals surface area (Å²) in [7, 11) is 1.56. The summed E-state index contributed by atoms with van der Waals surface area (Å²) in [4.78, 5) is 32.8. The first kappa shape index (κ1) is 55.7. The molecular weight excluding hydrogens is 1030 g/mol. The number of anilines is 2. The lowest BCUT2D eigenvalue weighted by Crippen LogP contribution is -2.35. The van der Waals surface area contributed by atoms with Crippen molar-refractivity contribution < 1.29 is 45.8 Å². The molecule has 8 N–H and O–H groups in total. The fraction of sp³-hybridized carbons (Fsp3) is 0.271. The van der Waals surface area contributed by atoms with Gasteiger partial charge < -0.3 is 37.3 Å². The lowest BCUT2D eigenvalue weighted by Gasteiger charge is -2.34. The molecule has 0 radical (unpaired) electrons. The van der Waals surface area contributed by atoms with Gasteiger partial charge in [-0.3, -0.25) is 14.6 Å². The molecule has 0 aliphatic heterocycles. The molecule has 3 heterocycles. The van der Waals surface area contributed by atoms with Crippen molar-refractivity contribution in [2.24, 2.45) is 17.4 Å². The highest BCUT2D eigenvalue weighted by atomic mass is 19.4. The van der Waals surface area contributed by atoms with Gasteiger partial charge in [0.05, 0.1) is 35.8 Å². The molecule has 3 aromatic heterocycles. The van der Waals surface area contributed by atoms with Gasteiger partial charge in [0.1, 0.15) is 17.0 Å². The van der Waals surface area contributed by atoms with E-state index in [1.54, 1.807) is 86.1 Å². The maximum Gasteiger partial charge on any atom is 0.435 e. The first-order valence-electron chi connectivity index (χ1n) is 25.7. The van der Waals surface area contributed by atoms with Crippen LogP contribution in [0, 0.1) is 5.92 Å². The molecule has 1 aliphatic carbocycles. The van der Waals surface area contributed by atoms with E-state index in [9.17, 15) is 41.0 Å². The van der Waals surface area contributed by atoms with Crippen LogP contribution >= 0.6 is 0 Å². The molecule has 2 amide bonds. The molecule has 4 unspecified atom stereocenters. The minimum atomic E-state index is -4.89. The van der Waals surface area contributed by atoms with Gasteiger partial charge in [0.2, 0.25) is 0 Å². The SMILES string of the molecule is CCC(CO)NC(c1ccccc1)c1cccc(NC(=O)c2cc(C(F)(F)F)nn2-c2cccc(C(N)c3ccc(C(CCC4CC4)(OC)c4cccc(NC(=O)c5cc(C(F)(F)F)nn5-c5cccc(CN)c5)c4)cn3)c2)c1. The predicted octanol–water partition coefficient (Wildman–Crippen LogP) is 11.0. The first-order chi connectivity index (χ1) is 37.9. The molecule has 410 valence electrons. The maximum absolute atomic E-state index is 14.4. The van der Waals surface area contributed by atoms with Crippen molar-refractivity contribution in [2.75, 3.05) is 24.4 Å². The highest BCUT2D eigenvalue weighted by Gasteiger charge is 2.40. The number of aliphatic hydroxyl groups excluding tert-OH is 1. The van der Waals surface area contributed by atoms with Gasteiger partial charge in [0.15, 0.2) is 11.4 Å². The summed E-state index contributed by atoms with van der Waals surface area (Å²) in [6, 6.07) is 39.4. The van der Waals surface area contributed by atoms with Gasteiger partial charge in [-0.25, -0.2) is 9.36 Å². The second-order valence-electron chi connectivity index (χ2n) is 19.5. The summed E-state index contributed by atoms with van der Waals surface area (Å²) < 4.78 is 93.3. The fourth-order valence-corrected chi connectivity index (χ4v) is 9.63. The van der Waals surface area contributed by atoms with Crippen LogP contribution in [0.25, 0.3) is 11.4 Å². The van der Waals surface area contributed by atoms with E-state index in [1.807, 2.05) is 55.5 Å². The minimum absolute atomic E-state index is 0.108. The lowest BCUT2D eigenvalue weighted by molar-refractivity contribution is -0.142. The average molecular weight is 1090 g/mol. The lowest BCUT2D eigenvalue weighted by atomic mass is 9.82. The first-order valence-corrected chi connectivity index (χ1v) is 25.7. The van der Waals surface area contributed by atoms with Gasteiger partial charge in [-0.15, -0.1) is 0 Å². The normalized spacial score (nSPS) is 14.8. The van der Waals surface area contributed by atoms with Crippen molar-refractivity contribution in [1.29, 1.82) is 0 Å². The molecule has 0 saturated heterocycles. The zero-order valence-corrected chi connectivity index (χ0v) is 43.1. The van der Waals surface area contributed by atoms with E-state index < -0.39 is 52.9 Å².